The predicted octanol–water partition coefficient (Wildman–Crippen LogP) is 0.266. The number of aldehydes is 1. The summed E-state index contributed by atoms with van der Waals surface area (Å²) in [5.74, 6) is -0.340. The zero-order valence-electron chi connectivity index (χ0n) is 6.63. The van der Waals surface area contributed by atoms with Gasteiger partial charge < -0.3 is 10.1 Å². The van der Waals surface area contributed by atoms with Crippen molar-refractivity contribution in [1.82, 2.24) is 5.32 Å². The van der Waals surface area contributed by atoms with Gasteiger partial charge in [0, 0.05) is 5.54 Å². The number of hydrogen-bond acceptors (Lipinski definition) is 2. The average Bonchev–Trinajstić information content (AvgIpc) is 1.85. The Morgan fingerprint density at radius 1 is 1.64 bits per heavy atom. The minimum Gasteiger partial charge on any atom is -0.347 e. The maximum atomic E-state index is 10.8. The summed E-state index contributed by atoms with van der Waals surface area (Å²) < 4.78 is 0. The summed E-state index contributed by atoms with van der Waals surface area (Å²) in [6.45, 7) is 3.65. The van der Waals surface area contributed by atoms with Crippen LogP contribution in [0.4, 0.5) is 0 Å². The molecule has 1 N–H and O–H groups in total. The first kappa shape index (κ1) is 7.98. The molecule has 0 aromatic carbocycles. The molecule has 11 heavy (non-hydrogen) atoms. The molecule has 0 aromatic rings. The summed E-state index contributed by atoms with van der Waals surface area (Å²) in [6, 6.07) is 0. The molecule has 0 radical (unpaired) electrons. The van der Waals surface area contributed by atoms with Gasteiger partial charge >= 0.3 is 0 Å². The van der Waals surface area contributed by atoms with E-state index in [9.17, 15) is 9.59 Å². The molecule has 0 saturated carbocycles. The van der Waals surface area contributed by atoms with Crippen LogP contribution in [0.2, 0.25) is 0 Å². The summed E-state index contributed by atoms with van der Waals surface area (Å²) >= 11 is 0. The van der Waals surface area contributed by atoms with Crippen LogP contribution in [-0.4, -0.2) is 17.7 Å². The van der Waals surface area contributed by atoms with Gasteiger partial charge in [-0.05, 0) is 19.9 Å². The van der Waals surface area contributed by atoms with Crippen LogP contribution >= 0.6 is 0 Å². The third kappa shape index (κ3) is 1.48. The summed E-state index contributed by atoms with van der Waals surface area (Å²) in [4.78, 5) is 21.3. The van der Waals surface area contributed by atoms with Crippen LogP contribution < -0.4 is 5.32 Å². The Morgan fingerprint density at radius 3 is 2.73 bits per heavy atom. The number of rotatable bonds is 1. The van der Waals surface area contributed by atoms with Gasteiger partial charge in [-0.15, -0.1) is 0 Å². The van der Waals surface area contributed by atoms with Crippen molar-refractivity contribution in [2.75, 3.05) is 0 Å². The average molecular weight is 153 g/mol. The van der Waals surface area contributed by atoms with Crippen molar-refractivity contribution in [3.8, 4) is 0 Å². The molecule has 1 aliphatic heterocycles. The van der Waals surface area contributed by atoms with E-state index in [0.29, 0.717) is 0 Å². The van der Waals surface area contributed by atoms with Crippen molar-refractivity contribution < 1.29 is 9.59 Å². The Bertz CT molecular complexity index is 218. The molecule has 0 fully saturated rings. The highest BCUT2D eigenvalue weighted by molar-refractivity contribution is 5.90. The van der Waals surface area contributed by atoms with Gasteiger partial charge in [-0.2, -0.15) is 0 Å². The Balaban J connectivity index is 2.89. The third-order valence-electron chi connectivity index (χ3n) is 1.88. The first-order valence-corrected chi connectivity index (χ1v) is 3.52. The highest BCUT2D eigenvalue weighted by Gasteiger charge is 2.31. The van der Waals surface area contributed by atoms with E-state index in [1.165, 1.54) is 6.08 Å². The second kappa shape index (κ2) is 2.49. The molecule has 1 aliphatic rings. The van der Waals surface area contributed by atoms with Crippen LogP contribution in [0.3, 0.4) is 0 Å². The lowest BCUT2D eigenvalue weighted by Gasteiger charge is -2.32. The van der Waals surface area contributed by atoms with E-state index in [0.717, 1.165) is 6.29 Å². The molecule has 1 atom stereocenters. The number of carbonyl (C=O) groups is 2. The maximum Gasteiger partial charge on any atom is 0.244 e. The molecular formula is C8H11NO2. The highest BCUT2D eigenvalue weighted by atomic mass is 16.1. The van der Waals surface area contributed by atoms with Crippen molar-refractivity contribution in [3.05, 3.63) is 12.2 Å². The second-order valence-electron chi connectivity index (χ2n) is 3.23. The molecule has 1 heterocycles. The second-order valence-corrected chi connectivity index (χ2v) is 3.23. The van der Waals surface area contributed by atoms with Gasteiger partial charge in [0.05, 0.1) is 5.92 Å². The molecule has 0 spiro atoms. The normalized spacial score (nSPS) is 27.8. The Hall–Kier alpha value is -1.12. The fourth-order valence-electron chi connectivity index (χ4n) is 1.09. The van der Waals surface area contributed by atoms with Crippen LogP contribution in [-0.2, 0) is 9.59 Å². The summed E-state index contributed by atoms with van der Waals surface area (Å²) in [7, 11) is 0. The zero-order valence-corrected chi connectivity index (χ0v) is 6.63. The van der Waals surface area contributed by atoms with E-state index in [-0.39, 0.29) is 11.8 Å². The molecule has 0 saturated heterocycles. The van der Waals surface area contributed by atoms with E-state index in [4.69, 9.17) is 0 Å². The molecule has 3 nitrogen and oxygen atoms in total. The monoisotopic (exact) mass is 153 g/mol. The predicted molar refractivity (Wildman–Crippen MR) is 40.9 cm³/mol. The molecule has 1 unspecified atom stereocenters. The lowest BCUT2D eigenvalue weighted by molar-refractivity contribution is -0.120. The number of amides is 1. The van der Waals surface area contributed by atoms with E-state index in [2.05, 4.69) is 5.32 Å². The zero-order chi connectivity index (χ0) is 8.48. The van der Waals surface area contributed by atoms with E-state index >= 15 is 0 Å². The quantitative estimate of drug-likeness (QED) is 0.549. The van der Waals surface area contributed by atoms with Crippen molar-refractivity contribution in [3.63, 3.8) is 0 Å². The van der Waals surface area contributed by atoms with Gasteiger partial charge in [0.15, 0.2) is 0 Å². The number of hydrogen-bond donors (Lipinski definition) is 1. The topological polar surface area (TPSA) is 46.2 Å². The lowest BCUT2D eigenvalue weighted by Crippen LogP contribution is -2.51. The lowest BCUT2D eigenvalue weighted by atomic mass is 9.86. The van der Waals surface area contributed by atoms with Crippen LogP contribution in [0.5, 0.6) is 0 Å². The van der Waals surface area contributed by atoms with Gasteiger partial charge in [-0.25, -0.2) is 0 Å². The molecule has 0 aromatic heterocycles. The molecule has 60 valence electrons. The summed E-state index contributed by atoms with van der Waals surface area (Å²) in [5.41, 5.74) is -0.437. The van der Waals surface area contributed by atoms with Crippen molar-refractivity contribution in [2.24, 2.45) is 5.92 Å². The summed E-state index contributed by atoms with van der Waals surface area (Å²) in [6.07, 6.45) is 3.87. The number of carbonyl (C=O) groups excluding carboxylic acids is 2. The smallest absolute Gasteiger partial charge is 0.244 e. The first-order valence-electron chi connectivity index (χ1n) is 3.52. The molecule has 3 heteroatoms. The van der Waals surface area contributed by atoms with Crippen molar-refractivity contribution in [2.45, 2.75) is 19.4 Å². The van der Waals surface area contributed by atoms with Gasteiger partial charge in [0.2, 0.25) is 5.91 Å². The SMILES string of the molecule is CC1(C)NC(=O)C=CC1C=O. The van der Waals surface area contributed by atoms with Gasteiger partial charge in [0.1, 0.15) is 6.29 Å². The largest absolute Gasteiger partial charge is 0.347 e. The fraction of sp³-hybridized carbons (Fsp3) is 0.500. The molecule has 1 amide bonds. The third-order valence-corrected chi connectivity index (χ3v) is 1.88. The standard InChI is InChI=1S/C8H11NO2/c1-8(2)6(5-10)3-4-7(11)9-8/h3-6H,1-2H3,(H,9,11). The van der Waals surface area contributed by atoms with Gasteiger partial charge in [-0.1, -0.05) is 6.08 Å². The highest BCUT2D eigenvalue weighted by Crippen LogP contribution is 2.19. The van der Waals surface area contributed by atoms with Crippen LogP contribution in [0.1, 0.15) is 13.8 Å². The first-order chi connectivity index (χ1) is 5.06. The minimum atomic E-state index is -0.437. The number of nitrogens with one attached hydrogen (secondary N) is 1. The van der Waals surface area contributed by atoms with E-state index < -0.39 is 5.54 Å². The van der Waals surface area contributed by atoms with Crippen molar-refractivity contribution >= 4 is 12.2 Å². The maximum absolute atomic E-state index is 10.8. The van der Waals surface area contributed by atoms with E-state index in [1.807, 2.05) is 13.8 Å². The van der Waals surface area contributed by atoms with Crippen LogP contribution in [0.25, 0.3) is 0 Å². The Labute approximate surface area is 65.5 Å². The fourth-order valence-corrected chi connectivity index (χ4v) is 1.09. The van der Waals surface area contributed by atoms with E-state index in [1.54, 1.807) is 6.08 Å². The minimum absolute atomic E-state index is 0.131. The Morgan fingerprint density at radius 2 is 2.27 bits per heavy atom. The summed E-state index contributed by atoms with van der Waals surface area (Å²) in [5, 5.41) is 2.70. The molecular weight excluding hydrogens is 142 g/mol. The van der Waals surface area contributed by atoms with Crippen molar-refractivity contribution in [1.29, 1.82) is 0 Å². The molecule has 1 rings (SSSR count). The van der Waals surface area contributed by atoms with Crippen LogP contribution in [0, 0.1) is 5.92 Å². The molecule has 0 aliphatic carbocycles. The Kier molecular flexibility index (Phi) is 1.81. The molecule has 0 bridgehead atoms. The van der Waals surface area contributed by atoms with Crippen LogP contribution in [0.15, 0.2) is 12.2 Å². The van der Waals surface area contributed by atoms with Gasteiger partial charge in [-0.3, -0.25) is 4.79 Å². The van der Waals surface area contributed by atoms with Gasteiger partial charge in [0.25, 0.3) is 0 Å².